The molecule has 1 aliphatic carbocycles. The summed E-state index contributed by atoms with van der Waals surface area (Å²) in [4.78, 5) is 25.2. The van der Waals surface area contributed by atoms with E-state index in [-0.39, 0.29) is 11.9 Å². The van der Waals surface area contributed by atoms with Crippen LogP contribution in [0.5, 0.6) is 0 Å². The minimum Gasteiger partial charge on any atom is -0.336 e. The number of nitrogens with zero attached hydrogens (tertiary/aromatic N) is 1. The third-order valence-corrected chi connectivity index (χ3v) is 3.87. The Labute approximate surface area is 90.8 Å². The van der Waals surface area contributed by atoms with Gasteiger partial charge in [-0.1, -0.05) is 6.92 Å². The number of carbonyl (C=O) groups excluding carboxylic acids is 2. The van der Waals surface area contributed by atoms with Crippen LogP contribution in [0.4, 0.5) is 0 Å². The first-order chi connectivity index (χ1) is 7.09. The molecule has 3 unspecified atom stereocenters. The number of Topliss-reactive ketones (excluding diaryl/α,β-unsaturated/α-hetero) is 1. The number of ketones is 1. The molecule has 1 aliphatic heterocycles. The largest absolute Gasteiger partial charge is 0.336 e. The number of rotatable bonds is 1. The Balaban J connectivity index is 2.13. The Morgan fingerprint density at radius 3 is 2.47 bits per heavy atom. The molecule has 3 atom stereocenters. The van der Waals surface area contributed by atoms with Crippen molar-refractivity contribution in [1.82, 2.24) is 4.90 Å². The maximum Gasteiger partial charge on any atom is 0.223 e. The summed E-state index contributed by atoms with van der Waals surface area (Å²) in [5.74, 6) is 1.05. The average Bonchev–Trinajstić information content (AvgIpc) is 2.51. The van der Waals surface area contributed by atoms with E-state index >= 15 is 0 Å². The van der Waals surface area contributed by atoms with Crippen LogP contribution < -0.4 is 0 Å². The maximum absolute atomic E-state index is 11.8. The number of likely N-dealkylation sites (tertiary alicyclic amines) is 1. The molecule has 1 amide bonds. The Kier molecular flexibility index (Phi) is 2.81. The third kappa shape index (κ3) is 1.92. The summed E-state index contributed by atoms with van der Waals surface area (Å²) in [5.41, 5.74) is 0. The van der Waals surface area contributed by atoms with E-state index in [9.17, 15) is 9.59 Å². The van der Waals surface area contributed by atoms with Crippen molar-refractivity contribution in [2.75, 3.05) is 0 Å². The molecule has 0 aromatic carbocycles. The maximum atomic E-state index is 11.8. The monoisotopic (exact) mass is 209 g/mol. The van der Waals surface area contributed by atoms with Crippen LogP contribution in [0.25, 0.3) is 0 Å². The fraction of sp³-hybridized carbons (Fsp3) is 0.833. The molecular weight excluding hydrogens is 190 g/mol. The average molecular weight is 209 g/mol. The van der Waals surface area contributed by atoms with E-state index in [2.05, 4.69) is 13.8 Å². The Morgan fingerprint density at radius 2 is 1.87 bits per heavy atom. The molecular formula is C12H19NO2. The van der Waals surface area contributed by atoms with Crippen LogP contribution in [-0.4, -0.2) is 28.7 Å². The quantitative estimate of drug-likeness (QED) is 0.660. The Bertz CT molecular complexity index is 287. The second-order valence-electron chi connectivity index (χ2n) is 5.01. The van der Waals surface area contributed by atoms with Crippen molar-refractivity contribution in [2.24, 2.45) is 5.92 Å². The lowest BCUT2D eigenvalue weighted by atomic mass is 9.84. The first kappa shape index (κ1) is 10.7. The molecule has 2 aliphatic rings. The van der Waals surface area contributed by atoms with Crippen molar-refractivity contribution in [1.29, 1.82) is 0 Å². The molecule has 0 bridgehead atoms. The van der Waals surface area contributed by atoms with Gasteiger partial charge in [0.1, 0.15) is 5.78 Å². The molecule has 0 aromatic rings. The molecule has 84 valence electrons. The third-order valence-electron chi connectivity index (χ3n) is 3.87. The second kappa shape index (κ2) is 3.95. The van der Waals surface area contributed by atoms with Crippen molar-refractivity contribution in [2.45, 2.75) is 58.0 Å². The lowest BCUT2D eigenvalue weighted by molar-refractivity contribution is -0.135. The first-order valence-electron chi connectivity index (χ1n) is 5.92. The van der Waals surface area contributed by atoms with Gasteiger partial charge in [0.25, 0.3) is 0 Å². The Morgan fingerprint density at radius 1 is 1.13 bits per heavy atom. The number of carbonyl (C=O) groups is 2. The van der Waals surface area contributed by atoms with Gasteiger partial charge in [0, 0.05) is 31.3 Å². The molecule has 0 spiro atoms. The zero-order chi connectivity index (χ0) is 11.0. The van der Waals surface area contributed by atoms with Gasteiger partial charge in [-0.3, -0.25) is 9.59 Å². The van der Waals surface area contributed by atoms with Crippen LogP contribution in [0.15, 0.2) is 0 Å². The summed E-state index contributed by atoms with van der Waals surface area (Å²) in [6.45, 7) is 4.26. The summed E-state index contributed by atoms with van der Waals surface area (Å²) in [6, 6.07) is 0.507. The van der Waals surface area contributed by atoms with Gasteiger partial charge in [-0.05, 0) is 25.7 Å². The highest BCUT2D eigenvalue weighted by atomic mass is 16.2. The highest BCUT2D eigenvalue weighted by Crippen LogP contribution is 2.31. The van der Waals surface area contributed by atoms with Gasteiger partial charge in [0.15, 0.2) is 0 Å². The normalized spacial score (nSPS) is 37.5. The smallest absolute Gasteiger partial charge is 0.223 e. The van der Waals surface area contributed by atoms with Crippen molar-refractivity contribution < 1.29 is 9.59 Å². The molecule has 15 heavy (non-hydrogen) atoms. The summed E-state index contributed by atoms with van der Waals surface area (Å²) < 4.78 is 0. The van der Waals surface area contributed by atoms with Gasteiger partial charge >= 0.3 is 0 Å². The first-order valence-corrected chi connectivity index (χ1v) is 5.92. The van der Waals surface area contributed by atoms with Crippen molar-refractivity contribution in [3.63, 3.8) is 0 Å². The lowest BCUT2D eigenvalue weighted by Crippen LogP contribution is -2.47. The standard InChI is InChI=1S/C12H19NO2/c1-8-3-5-10(14)7-11(8)13-9(2)4-6-12(13)15/h8-9,11H,3-7H2,1-2H3. The summed E-state index contributed by atoms with van der Waals surface area (Å²) in [5, 5.41) is 0. The predicted octanol–water partition coefficient (Wildman–Crippen LogP) is 1.75. The summed E-state index contributed by atoms with van der Waals surface area (Å²) in [7, 11) is 0. The van der Waals surface area contributed by atoms with Gasteiger partial charge in [-0.15, -0.1) is 0 Å². The van der Waals surface area contributed by atoms with E-state index in [1.165, 1.54) is 0 Å². The molecule has 0 N–H and O–H groups in total. The van der Waals surface area contributed by atoms with Gasteiger partial charge < -0.3 is 4.90 Å². The van der Waals surface area contributed by atoms with Crippen LogP contribution in [0.2, 0.25) is 0 Å². The molecule has 2 rings (SSSR count). The van der Waals surface area contributed by atoms with Gasteiger partial charge in [-0.2, -0.15) is 0 Å². The molecule has 3 heteroatoms. The lowest BCUT2D eigenvalue weighted by Gasteiger charge is -2.38. The number of amides is 1. The highest BCUT2D eigenvalue weighted by molar-refractivity contribution is 5.83. The van der Waals surface area contributed by atoms with Crippen molar-refractivity contribution in [3.05, 3.63) is 0 Å². The zero-order valence-electron chi connectivity index (χ0n) is 9.53. The van der Waals surface area contributed by atoms with Crippen LogP contribution >= 0.6 is 0 Å². The molecule has 1 heterocycles. The minimum absolute atomic E-state index is 0.177. The molecule has 0 radical (unpaired) electrons. The van der Waals surface area contributed by atoms with Crippen LogP contribution in [0.1, 0.15) is 46.0 Å². The zero-order valence-corrected chi connectivity index (χ0v) is 9.53. The molecule has 1 saturated heterocycles. The summed E-state index contributed by atoms with van der Waals surface area (Å²) in [6.07, 6.45) is 3.85. The predicted molar refractivity (Wildman–Crippen MR) is 57.4 cm³/mol. The van der Waals surface area contributed by atoms with E-state index in [1.54, 1.807) is 0 Å². The molecule has 3 nitrogen and oxygen atoms in total. The van der Waals surface area contributed by atoms with Crippen LogP contribution in [0.3, 0.4) is 0 Å². The van der Waals surface area contributed by atoms with Gasteiger partial charge in [-0.25, -0.2) is 0 Å². The summed E-state index contributed by atoms with van der Waals surface area (Å²) >= 11 is 0. The van der Waals surface area contributed by atoms with Crippen molar-refractivity contribution in [3.8, 4) is 0 Å². The topological polar surface area (TPSA) is 37.4 Å². The van der Waals surface area contributed by atoms with E-state index in [0.717, 1.165) is 12.8 Å². The van der Waals surface area contributed by atoms with Crippen molar-refractivity contribution >= 4 is 11.7 Å². The fourth-order valence-corrected chi connectivity index (χ4v) is 2.85. The molecule has 0 aromatic heterocycles. The number of hydrogen-bond donors (Lipinski definition) is 0. The van der Waals surface area contributed by atoms with E-state index in [4.69, 9.17) is 0 Å². The van der Waals surface area contributed by atoms with E-state index < -0.39 is 0 Å². The van der Waals surface area contributed by atoms with Crippen LogP contribution in [0, 0.1) is 5.92 Å². The van der Waals surface area contributed by atoms with Gasteiger partial charge in [0.05, 0.1) is 0 Å². The number of hydrogen-bond acceptors (Lipinski definition) is 2. The fourth-order valence-electron chi connectivity index (χ4n) is 2.85. The Hall–Kier alpha value is -0.860. The van der Waals surface area contributed by atoms with E-state index in [1.807, 2.05) is 4.90 Å². The minimum atomic E-state index is 0.177. The highest BCUT2D eigenvalue weighted by Gasteiger charge is 2.38. The molecule has 1 saturated carbocycles. The van der Waals surface area contributed by atoms with Gasteiger partial charge in [0.2, 0.25) is 5.91 Å². The second-order valence-corrected chi connectivity index (χ2v) is 5.01. The molecule has 2 fully saturated rings. The van der Waals surface area contributed by atoms with Crippen LogP contribution in [-0.2, 0) is 9.59 Å². The SMILES string of the molecule is CC1CCC(=O)CC1N1C(=O)CCC1C. The van der Waals surface area contributed by atoms with E-state index in [0.29, 0.717) is 37.0 Å².